The van der Waals surface area contributed by atoms with Gasteiger partial charge in [0.15, 0.2) is 0 Å². The molecule has 3 nitrogen and oxygen atoms in total. The van der Waals surface area contributed by atoms with Crippen molar-refractivity contribution in [3.63, 3.8) is 0 Å². The van der Waals surface area contributed by atoms with E-state index in [-0.39, 0.29) is 6.04 Å². The van der Waals surface area contributed by atoms with Gasteiger partial charge in [-0.15, -0.1) is 0 Å². The highest BCUT2D eigenvalue weighted by molar-refractivity contribution is 5.27. The summed E-state index contributed by atoms with van der Waals surface area (Å²) in [5.74, 6) is 1.65. The molecule has 3 heteroatoms. The Balaban J connectivity index is 2.27. The second-order valence-corrected chi connectivity index (χ2v) is 6.24. The molecule has 2 N–H and O–H groups in total. The van der Waals surface area contributed by atoms with E-state index in [2.05, 4.69) is 32.4 Å². The number of nitrogens with two attached hydrogens (primary N) is 1. The van der Waals surface area contributed by atoms with E-state index in [9.17, 15) is 0 Å². The first-order valence-corrected chi connectivity index (χ1v) is 7.23. The molecule has 1 aliphatic carbocycles. The van der Waals surface area contributed by atoms with E-state index in [1.165, 1.54) is 30.5 Å². The van der Waals surface area contributed by atoms with Crippen LogP contribution < -0.4 is 5.73 Å². The van der Waals surface area contributed by atoms with E-state index in [1.807, 2.05) is 6.92 Å². The molecule has 18 heavy (non-hydrogen) atoms. The fourth-order valence-corrected chi connectivity index (χ4v) is 3.43. The summed E-state index contributed by atoms with van der Waals surface area (Å²) in [6.45, 7) is 11.0. The highest BCUT2D eigenvalue weighted by Gasteiger charge is 2.28. The highest BCUT2D eigenvalue weighted by atomic mass is 15.3. The summed E-state index contributed by atoms with van der Waals surface area (Å²) in [4.78, 5) is 0. The fraction of sp³-hybridized carbons (Fsp3) is 0.800. The summed E-state index contributed by atoms with van der Waals surface area (Å²) >= 11 is 0. The van der Waals surface area contributed by atoms with Crippen LogP contribution >= 0.6 is 0 Å². The van der Waals surface area contributed by atoms with E-state index in [4.69, 9.17) is 10.8 Å². The van der Waals surface area contributed by atoms with Crippen molar-refractivity contribution in [2.75, 3.05) is 0 Å². The maximum atomic E-state index is 6.05. The molecule has 0 bridgehead atoms. The lowest BCUT2D eigenvalue weighted by Gasteiger charge is -2.32. The zero-order valence-electron chi connectivity index (χ0n) is 12.4. The molecule has 0 saturated heterocycles. The smallest absolute Gasteiger partial charge is 0.0644 e. The van der Waals surface area contributed by atoms with Gasteiger partial charge < -0.3 is 5.73 Å². The second kappa shape index (κ2) is 5.04. The van der Waals surface area contributed by atoms with Crippen LogP contribution in [0.2, 0.25) is 0 Å². The van der Waals surface area contributed by atoms with Crippen molar-refractivity contribution in [1.29, 1.82) is 0 Å². The SMILES string of the molecule is Cc1nn(C2CCC(C)C(C)C2)c(C)c1C(C)N. The van der Waals surface area contributed by atoms with Crippen molar-refractivity contribution in [2.45, 2.75) is 66.0 Å². The van der Waals surface area contributed by atoms with Crippen molar-refractivity contribution in [3.8, 4) is 0 Å². The van der Waals surface area contributed by atoms with E-state index >= 15 is 0 Å². The third-order valence-corrected chi connectivity index (χ3v) is 4.75. The summed E-state index contributed by atoms with van der Waals surface area (Å²) in [5.41, 5.74) is 9.67. The van der Waals surface area contributed by atoms with Gasteiger partial charge >= 0.3 is 0 Å². The molecule has 1 fully saturated rings. The summed E-state index contributed by atoms with van der Waals surface area (Å²) in [5, 5.41) is 4.75. The van der Waals surface area contributed by atoms with Crippen LogP contribution in [-0.4, -0.2) is 9.78 Å². The van der Waals surface area contributed by atoms with E-state index < -0.39 is 0 Å². The van der Waals surface area contributed by atoms with Gasteiger partial charge in [0.1, 0.15) is 0 Å². The van der Waals surface area contributed by atoms with Crippen molar-refractivity contribution < 1.29 is 0 Å². The molecule has 102 valence electrons. The van der Waals surface area contributed by atoms with Gasteiger partial charge in [0.2, 0.25) is 0 Å². The van der Waals surface area contributed by atoms with Crippen LogP contribution in [0.4, 0.5) is 0 Å². The lowest BCUT2D eigenvalue weighted by Crippen LogP contribution is -2.24. The third-order valence-electron chi connectivity index (χ3n) is 4.75. The quantitative estimate of drug-likeness (QED) is 0.871. The topological polar surface area (TPSA) is 43.8 Å². The maximum absolute atomic E-state index is 6.05. The Bertz CT molecular complexity index is 420. The molecule has 2 rings (SSSR count). The molecule has 4 unspecified atom stereocenters. The van der Waals surface area contributed by atoms with Crippen LogP contribution in [-0.2, 0) is 0 Å². The van der Waals surface area contributed by atoms with E-state index in [1.54, 1.807) is 0 Å². The van der Waals surface area contributed by atoms with Gasteiger partial charge in [-0.1, -0.05) is 13.8 Å². The monoisotopic (exact) mass is 249 g/mol. The predicted molar refractivity (Wildman–Crippen MR) is 75.5 cm³/mol. The molecule has 0 radical (unpaired) electrons. The zero-order chi connectivity index (χ0) is 13.4. The Morgan fingerprint density at radius 1 is 1.22 bits per heavy atom. The molecule has 0 spiro atoms. The van der Waals surface area contributed by atoms with Gasteiger partial charge in [-0.2, -0.15) is 5.10 Å². The van der Waals surface area contributed by atoms with Crippen LogP contribution in [0.3, 0.4) is 0 Å². The molecule has 0 amide bonds. The van der Waals surface area contributed by atoms with Gasteiger partial charge in [0, 0.05) is 17.3 Å². The fourth-order valence-electron chi connectivity index (χ4n) is 3.43. The minimum atomic E-state index is 0.0821. The van der Waals surface area contributed by atoms with E-state index in [0.717, 1.165) is 17.5 Å². The van der Waals surface area contributed by atoms with Crippen molar-refractivity contribution in [1.82, 2.24) is 9.78 Å². The van der Waals surface area contributed by atoms with Crippen molar-refractivity contribution >= 4 is 0 Å². The number of aromatic nitrogens is 2. The molecule has 1 aliphatic rings. The molecular weight excluding hydrogens is 222 g/mol. The first-order valence-electron chi connectivity index (χ1n) is 7.23. The number of hydrogen-bond acceptors (Lipinski definition) is 2. The van der Waals surface area contributed by atoms with Crippen LogP contribution in [0.1, 0.15) is 69.1 Å². The predicted octanol–water partition coefficient (Wildman–Crippen LogP) is 3.52. The first kappa shape index (κ1) is 13.6. The molecule has 0 aliphatic heterocycles. The van der Waals surface area contributed by atoms with Crippen molar-refractivity contribution in [3.05, 3.63) is 17.0 Å². The summed E-state index contributed by atoms with van der Waals surface area (Å²) < 4.78 is 2.25. The average Bonchev–Trinajstić information content (AvgIpc) is 2.58. The second-order valence-electron chi connectivity index (χ2n) is 6.24. The zero-order valence-corrected chi connectivity index (χ0v) is 12.4. The van der Waals surface area contributed by atoms with Gasteiger partial charge in [0.05, 0.1) is 11.7 Å². The van der Waals surface area contributed by atoms with E-state index in [0.29, 0.717) is 6.04 Å². The normalized spacial score (nSPS) is 30.4. The number of aryl methyl sites for hydroxylation is 1. The minimum Gasteiger partial charge on any atom is -0.324 e. The minimum absolute atomic E-state index is 0.0821. The van der Waals surface area contributed by atoms with Gasteiger partial charge in [0.25, 0.3) is 0 Å². The molecule has 1 aromatic heterocycles. The maximum Gasteiger partial charge on any atom is 0.0644 e. The first-order chi connectivity index (χ1) is 8.41. The average molecular weight is 249 g/mol. The Labute approximate surface area is 111 Å². The van der Waals surface area contributed by atoms with Crippen LogP contribution in [0, 0.1) is 25.7 Å². The standard InChI is InChI=1S/C15H27N3/c1-9-6-7-14(8-10(9)2)18-13(5)15(11(3)16)12(4)17-18/h9-11,14H,6-8,16H2,1-5H3. The molecule has 4 atom stereocenters. The number of rotatable bonds is 2. The lowest BCUT2D eigenvalue weighted by atomic mass is 9.79. The number of nitrogens with zero attached hydrogens (tertiary/aromatic N) is 2. The van der Waals surface area contributed by atoms with Crippen LogP contribution in [0.25, 0.3) is 0 Å². The summed E-state index contributed by atoms with van der Waals surface area (Å²) in [6, 6.07) is 0.654. The summed E-state index contributed by atoms with van der Waals surface area (Å²) in [7, 11) is 0. The van der Waals surface area contributed by atoms with Gasteiger partial charge in [-0.05, 0) is 51.9 Å². The summed E-state index contributed by atoms with van der Waals surface area (Å²) in [6.07, 6.45) is 3.82. The lowest BCUT2D eigenvalue weighted by molar-refractivity contribution is 0.198. The Morgan fingerprint density at radius 2 is 1.89 bits per heavy atom. The van der Waals surface area contributed by atoms with Gasteiger partial charge in [-0.25, -0.2) is 0 Å². The third kappa shape index (κ3) is 2.33. The molecular formula is C15H27N3. The van der Waals surface area contributed by atoms with Gasteiger partial charge in [-0.3, -0.25) is 4.68 Å². The molecule has 1 saturated carbocycles. The largest absolute Gasteiger partial charge is 0.324 e. The Morgan fingerprint density at radius 3 is 2.39 bits per heavy atom. The van der Waals surface area contributed by atoms with Crippen molar-refractivity contribution in [2.24, 2.45) is 17.6 Å². The Hall–Kier alpha value is -0.830. The molecule has 0 aromatic carbocycles. The highest BCUT2D eigenvalue weighted by Crippen LogP contribution is 2.37. The Kier molecular flexibility index (Phi) is 3.81. The molecule has 1 heterocycles. The van der Waals surface area contributed by atoms with Crippen LogP contribution in [0.5, 0.6) is 0 Å². The van der Waals surface area contributed by atoms with Crippen LogP contribution in [0.15, 0.2) is 0 Å². The molecule has 1 aromatic rings. The number of hydrogen-bond donors (Lipinski definition) is 1.